The molecule has 0 amide bonds. The van der Waals surface area contributed by atoms with Crippen LogP contribution in [-0.4, -0.2) is 43.9 Å². The van der Waals surface area contributed by atoms with E-state index in [4.69, 9.17) is 11.6 Å². The van der Waals surface area contributed by atoms with Crippen LogP contribution in [0.15, 0.2) is 18.2 Å². The predicted octanol–water partition coefficient (Wildman–Crippen LogP) is 2.68. The molecule has 0 radical (unpaired) electrons. The van der Waals surface area contributed by atoms with E-state index in [1.165, 1.54) is 19.4 Å². The van der Waals surface area contributed by atoms with Crippen molar-refractivity contribution < 1.29 is 4.79 Å². The predicted molar refractivity (Wildman–Crippen MR) is 78.2 cm³/mol. The Bertz CT molecular complexity index is 465. The van der Waals surface area contributed by atoms with Gasteiger partial charge in [0.25, 0.3) is 0 Å². The fourth-order valence-electron chi connectivity index (χ4n) is 2.78. The molecule has 3 nitrogen and oxygen atoms in total. The molecule has 3 rings (SSSR count). The van der Waals surface area contributed by atoms with Crippen LogP contribution in [-0.2, 0) is 0 Å². The van der Waals surface area contributed by atoms with E-state index in [-0.39, 0.29) is 0 Å². The molecule has 0 unspecified atom stereocenters. The molecule has 2 fully saturated rings. The second-order valence-electron chi connectivity index (χ2n) is 5.53. The van der Waals surface area contributed by atoms with Gasteiger partial charge in [-0.2, -0.15) is 0 Å². The minimum absolute atomic E-state index is 0.681. The SMILES string of the molecule is O=Cc1cccc(Cl)c1N1CCN(CC2CC2)CC1. The highest BCUT2D eigenvalue weighted by atomic mass is 35.5. The lowest BCUT2D eigenvalue weighted by atomic mass is 10.1. The first-order valence-electron chi connectivity index (χ1n) is 6.99. The van der Waals surface area contributed by atoms with Crippen LogP contribution in [0.4, 0.5) is 5.69 Å². The second kappa shape index (κ2) is 5.51. The molecule has 1 aromatic rings. The molecular weight excluding hydrogens is 260 g/mol. The Morgan fingerprint density at radius 3 is 2.58 bits per heavy atom. The lowest BCUT2D eigenvalue weighted by molar-refractivity contribution is 0.112. The largest absolute Gasteiger partial charge is 0.367 e. The maximum absolute atomic E-state index is 11.1. The number of rotatable bonds is 4. The number of carbonyl (C=O) groups is 1. The number of anilines is 1. The minimum Gasteiger partial charge on any atom is -0.367 e. The highest BCUT2D eigenvalue weighted by Gasteiger charge is 2.27. The number of hydrogen-bond donors (Lipinski definition) is 0. The molecule has 0 spiro atoms. The van der Waals surface area contributed by atoms with Crippen LogP contribution >= 0.6 is 11.6 Å². The van der Waals surface area contributed by atoms with Crippen molar-refractivity contribution in [3.63, 3.8) is 0 Å². The molecule has 4 heteroatoms. The van der Waals surface area contributed by atoms with Crippen LogP contribution in [0.3, 0.4) is 0 Å². The molecule has 2 aliphatic rings. The van der Waals surface area contributed by atoms with Gasteiger partial charge in [0.2, 0.25) is 0 Å². The molecule has 1 aliphatic heterocycles. The summed E-state index contributed by atoms with van der Waals surface area (Å²) in [6.45, 7) is 5.30. The molecule has 1 aliphatic carbocycles. The Kier molecular flexibility index (Phi) is 3.76. The number of benzene rings is 1. The summed E-state index contributed by atoms with van der Waals surface area (Å²) < 4.78 is 0. The summed E-state index contributed by atoms with van der Waals surface area (Å²) in [6.07, 6.45) is 3.71. The zero-order valence-electron chi connectivity index (χ0n) is 11.0. The van der Waals surface area contributed by atoms with Gasteiger partial charge in [-0.15, -0.1) is 0 Å². The number of aldehydes is 1. The van der Waals surface area contributed by atoms with Crippen molar-refractivity contribution in [1.29, 1.82) is 0 Å². The maximum atomic E-state index is 11.1. The van der Waals surface area contributed by atoms with Crippen LogP contribution in [0.1, 0.15) is 23.2 Å². The van der Waals surface area contributed by atoms with E-state index in [2.05, 4.69) is 9.80 Å². The number of halogens is 1. The van der Waals surface area contributed by atoms with Gasteiger partial charge in [0.15, 0.2) is 6.29 Å². The van der Waals surface area contributed by atoms with Crippen molar-refractivity contribution in [2.75, 3.05) is 37.6 Å². The van der Waals surface area contributed by atoms with Gasteiger partial charge >= 0.3 is 0 Å². The van der Waals surface area contributed by atoms with E-state index in [1.54, 1.807) is 0 Å². The van der Waals surface area contributed by atoms with Gasteiger partial charge in [0, 0.05) is 38.3 Å². The summed E-state index contributed by atoms with van der Waals surface area (Å²) in [6, 6.07) is 5.53. The molecule has 19 heavy (non-hydrogen) atoms. The van der Waals surface area contributed by atoms with E-state index < -0.39 is 0 Å². The molecule has 1 heterocycles. The first-order valence-corrected chi connectivity index (χ1v) is 7.36. The van der Waals surface area contributed by atoms with Gasteiger partial charge in [-0.3, -0.25) is 9.69 Å². The van der Waals surface area contributed by atoms with Gasteiger partial charge in [-0.1, -0.05) is 17.7 Å². The van der Waals surface area contributed by atoms with Crippen LogP contribution < -0.4 is 4.90 Å². The normalized spacial score (nSPS) is 20.6. The Hall–Kier alpha value is -1.06. The fraction of sp³-hybridized carbons (Fsp3) is 0.533. The third-order valence-electron chi connectivity index (χ3n) is 4.05. The average Bonchev–Trinajstić information content (AvgIpc) is 3.23. The summed E-state index contributed by atoms with van der Waals surface area (Å²) in [5.74, 6) is 0.942. The Balaban J connectivity index is 1.68. The first-order chi connectivity index (χ1) is 9.28. The third-order valence-corrected chi connectivity index (χ3v) is 4.35. The lowest BCUT2D eigenvalue weighted by Gasteiger charge is -2.37. The molecule has 0 aromatic heterocycles. The van der Waals surface area contributed by atoms with Gasteiger partial charge < -0.3 is 4.90 Å². The second-order valence-corrected chi connectivity index (χ2v) is 5.93. The van der Waals surface area contributed by atoms with Gasteiger partial charge in [-0.05, 0) is 30.9 Å². The topological polar surface area (TPSA) is 23.6 Å². The van der Waals surface area contributed by atoms with Crippen molar-refractivity contribution in [3.05, 3.63) is 28.8 Å². The number of piperazine rings is 1. The van der Waals surface area contributed by atoms with E-state index >= 15 is 0 Å². The summed E-state index contributed by atoms with van der Waals surface area (Å²) in [7, 11) is 0. The highest BCUT2D eigenvalue weighted by Crippen LogP contribution is 2.32. The Labute approximate surface area is 119 Å². The standard InChI is InChI=1S/C15H19ClN2O/c16-14-3-1-2-13(11-19)15(14)18-8-6-17(7-9-18)10-12-4-5-12/h1-3,11-12H,4-10H2. The quantitative estimate of drug-likeness (QED) is 0.791. The van der Waals surface area contributed by atoms with Gasteiger partial charge in [-0.25, -0.2) is 0 Å². The molecule has 102 valence electrons. The Morgan fingerprint density at radius 2 is 1.95 bits per heavy atom. The number of carbonyl (C=O) groups excluding carboxylic acids is 1. The number of para-hydroxylation sites is 1. The molecule has 0 bridgehead atoms. The monoisotopic (exact) mass is 278 g/mol. The van der Waals surface area contributed by atoms with Crippen LogP contribution in [0, 0.1) is 5.92 Å². The van der Waals surface area contributed by atoms with Crippen molar-refractivity contribution in [1.82, 2.24) is 4.90 Å². The average molecular weight is 279 g/mol. The molecule has 0 N–H and O–H groups in total. The molecule has 1 aromatic carbocycles. The molecule has 0 atom stereocenters. The molecular formula is C15H19ClN2O. The van der Waals surface area contributed by atoms with Crippen molar-refractivity contribution in [2.24, 2.45) is 5.92 Å². The minimum atomic E-state index is 0.681. The van der Waals surface area contributed by atoms with E-state index in [9.17, 15) is 4.79 Å². The lowest BCUT2D eigenvalue weighted by Crippen LogP contribution is -2.47. The molecule has 1 saturated carbocycles. The van der Waals surface area contributed by atoms with Crippen LogP contribution in [0.25, 0.3) is 0 Å². The summed E-state index contributed by atoms with van der Waals surface area (Å²) in [5.41, 5.74) is 1.60. The Morgan fingerprint density at radius 1 is 1.21 bits per heavy atom. The summed E-state index contributed by atoms with van der Waals surface area (Å²) in [4.78, 5) is 15.9. The molecule has 1 saturated heterocycles. The summed E-state index contributed by atoms with van der Waals surface area (Å²) >= 11 is 6.26. The zero-order chi connectivity index (χ0) is 13.2. The van der Waals surface area contributed by atoms with Crippen molar-refractivity contribution in [3.8, 4) is 0 Å². The van der Waals surface area contributed by atoms with E-state index in [1.807, 2.05) is 18.2 Å². The smallest absolute Gasteiger partial charge is 0.152 e. The van der Waals surface area contributed by atoms with Gasteiger partial charge in [0.1, 0.15) is 0 Å². The van der Waals surface area contributed by atoms with E-state index in [0.717, 1.165) is 44.1 Å². The maximum Gasteiger partial charge on any atom is 0.152 e. The van der Waals surface area contributed by atoms with Crippen LogP contribution in [0.2, 0.25) is 5.02 Å². The van der Waals surface area contributed by atoms with Crippen LogP contribution in [0.5, 0.6) is 0 Å². The summed E-state index contributed by atoms with van der Waals surface area (Å²) in [5, 5.41) is 0.681. The highest BCUT2D eigenvalue weighted by molar-refractivity contribution is 6.33. The van der Waals surface area contributed by atoms with Crippen molar-refractivity contribution >= 4 is 23.6 Å². The van der Waals surface area contributed by atoms with Crippen molar-refractivity contribution in [2.45, 2.75) is 12.8 Å². The van der Waals surface area contributed by atoms with Gasteiger partial charge in [0.05, 0.1) is 10.7 Å². The number of hydrogen-bond acceptors (Lipinski definition) is 3. The third kappa shape index (κ3) is 2.93. The number of nitrogens with zero attached hydrogens (tertiary/aromatic N) is 2. The fourth-order valence-corrected chi connectivity index (χ4v) is 3.08. The first kappa shape index (κ1) is 12.9. The zero-order valence-corrected chi connectivity index (χ0v) is 11.8. The van der Waals surface area contributed by atoms with E-state index in [0.29, 0.717) is 10.6 Å².